The van der Waals surface area contributed by atoms with Crippen LogP contribution in [0.2, 0.25) is 0 Å². The Morgan fingerprint density at radius 2 is 1.94 bits per heavy atom. The Morgan fingerprint density at radius 3 is 2.61 bits per heavy atom. The second-order valence-electron chi connectivity index (χ2n) is 8.07. The summed E-state index contributed by atoms with van der Waals surface area (Å²) < 4.78 is 12.8. The molecule has 1 fully saturated rings. The lowest BCUT2D eigenvalue weighted by Gasteiger charge is -2.33. The largest absolute Gasteiger partial charge is 0.497 e. The SMILES string of the molecule is COc1ccc(-c2cnc(N(C)C)nc2C2CN(C(=O)c3ccc(=O)n(C)c3)CCO2)cc1. The summed E-state index contributed by atoms with van der Waals surface area (Å²) in [5.74, 6) is 1.17. The van der Waals surface area contributed by atoms with Crippen molar-refractivity contribution in [2.24, 2.45) is 7.05 Å². The number of hydrogen-bond donors (Lipinski definition) is 0. The normalized spacial score (nSPS) is 15.9. The van der Waals surface area contributed by atoms with Crippen LogP contribution in [0.4, 0.5) is 5.95 Å². The Hall–Kier alpha value is -3.72. The van der Waals surface area contributed by atoms with Crippen molar-refractivity contribution in [2.75, 3.05) is 45.8 Å². The minimum absolute atomic E-state index is 0.146. The fraction of sp³-hybridized carbons (Fsp3) is 0.333. The summed E-state index contributed by atoms with van der Waals surface area (Å²) in [5, 5.41) is 0. The molecule has 0 bridgehead atoms. The van der Waals surface area contributed by atoms with Crippen molar-refractivity contribution in [1.82, 2.24) is 19.4 Å². The van der Waals surface area contributed by atoms with Crippen molar-refractivity contribution in [2.45, 2.75) is 6.10 Å². The molecule has 1 atom stereocenters. The molecule has 1 aromatic carbocycles. The standard InChI is InChI=1S/C24H27N5O4/c1-27(2)24-25-13-19(16-5-8-18(32-4)9-6-16)22(26-24)20-15-29(11-12-33-20)23(31)17-7-10-21(30)28(3)14-17/h5-10,13-14,20H,11-12,15H2,1-4H3. The number of hydrogen-bond acceptors (Lipinski definition) is 7. The molecule has 1 saturated heterocycles. The maximum Gasteiger partial charge on any atom is 0.255 e. The second-order valence-corrected chi connectivity index (χ2v) is 8.07. The highest BCUT2D eigenvalue weighted by Gasteiger charge is 2.30. The fourth-order valence-corrected chi connectivity index (χ4v) is 3.74. The van der Waals surface area contributed by atoms with E-state index in [2.05, 4.69) is 4.98 Å². The molecule has 3 heterocycles. The number of morpholine rings is 1. The number of amides is 1. The van der Waals surface area contributed by atoms with E-state index in [-0.39, 0.29) is 11.5 Å². The monoisotopic (exact) mass is 449 g/mol. The number of aromatic nitrogens is 3. The maximum absolute atomic E-state index is 13.1. The molecule has 1 unspecified atom stereocenters. The number of pyridine rings is 1. The molecular weight excluding hydrogens is 422 g/mol. The van der Waals surface area contributed by atoms with Gasteiger partial charge >= 0.3 is 0 Å². The zero-order valence-electron chi connectivity index (χ0n) is 19.2. The van der Waals surface area contributed by atoms with Crippen LogP contribution in [0.25, 0.3) is 11.1 Å². The fourth-order valence-electron chi connectivity index (χ4n) is 3.74. The van der Waals surface area contributed by atoms with Gasteiger partial charge in [0.05, 0.1) is 31.5 Å². The van der Waals surface area contributed by atoms with Gasteiger partial charge in [0.2, 0.25) is 11.5 Å². The smallest absolute Gasteiger partial charge is 0.255 e. The summed E-state index contributed by atoms with van der Waals surface area (Å²) in [7, 11) is 7.01. The van der Waals surface area contributed by atoms with Crippen molar-refractivity contribution in [1.29, 1.82) is 0 Å². The van der Waals surface area contributed by atoms with Crippen molar-refractivity contribution in [3.05, 3.63) is 70.4 Å². The number of methoxy groups -OCH3 is 1. The Balaban J connectivity index is 1.67. The maximum atomic E-state index is 13.1. The van der Waals surface area contributed by atoms with E-state index in [4.69, 9.17) is 14.5 Å². The lowest BCUT2D eigenvalue weighted by Crippen LogP contribution is -2.43. The van der Waals surface area contributed by atoms with Gasteiger partial charge in [-0.15, -0.1) is 0 Å². The van der Waals surface area contributed by atoms with E-state index < -0.39 is 6.10 Å². The van der Waals surface area contributed by atoms with Crippen molar-refractivity contribution >= 4 is 11.9 Å². The molecule has 2 aromatic heterocycles. The van der Waals surface area contributed by atoms with E-state index in [9.17, 15) is 9.59 Å². The van der Waals surface area contributed by atoms with Gasteiger partial charge in [-0.1, -0.05) is 12.1 Å². The highest BCUT2D eigenvalue weighted by atomic mass is 16.5. The molecule has 33 heavy (non-hydrogen) atoms. The first-order valence-corrected chi connectivity index (χ1v) is 10.6. The summed E-state index contributed by atoms with van der Waals surface area (Å²) in [6.45, 7) is 1.18. The number of carbonyl (C=O) groups is 1. The third kappa shape index (κ3) is 4.73. The Labute approximate surface area is 192 Å². The van der Waals surface area contributed by atoms with Gasteiger partial charge in [-0.25, -0.2) is 9.97 Å². The number of nitrogens with zero attached hydrogens (tertiary/aromatic N) is 5. The Morgan fingerprint density at radius 1 is 1.18 bits per heavy atom. The number of carbonyl (C=O) groups excluding carboxylic acids is 1. The van der Waals surface area contributed by atoms with E-state index in [0.29, 0.717) is 31.2 Å². The quantitative estimate of drug-likeness (QED) is 0.589. The molecule has 3 aromatic rings. The van der Waals surface area contributed by atoms with Gasteiger partial charge in [0.1, 0.15) is 11.9 Å². The highest BCUT2D eigenvalue weighted by molar-refractivity contribution is 5.94. The van der Waals surface area contributed by atoms with E-state index in [0.717, 1.165) is 22.6 Å². The molecule has 0 radical (unpaired) electrons. The predicted octanol–water partition coefficient (Wildman–Crippen LogP) is 2.13. The van der Waals surface area contributed by atoms with Crippen LogP contribution in [0.15, 0.2) is 53.6 Å². The Bertz CT molecular complexity index is 1210. The molecule has 172 valence electrons. The molecule has 1 aliphatic heterocycles. The van der Waals surface area contributed by atoms with Crippen LogP contribution in [-0.2, 0) is 11.8 Å². The number of benzene rings is 1. The van der Waals surface area contributed by atoms with Gasteiger partial charge in [0.15, 0.2) is 0 Å². The lowest BCUT2D eigenvalue weighted by atomic mass is 10.0. The summed E-state index contributed by atoms with van der Waals surface area (Å²) in [4.78, 5) is 37.7. The van der Waals surface area contributed by atoms with Gasteiger partial charge in [0.25, 0.3) is 5.91 Å². The number of ether oxygens (including phenoxy) is 2. The molecule has 4 rings (SSSR count). The van der Waals surface area contributed by atoms with Gasteiger partial charge < -0.3 is 23.8 Å². The van der Waals surface area contributed by atoms with E-state index in [1.54, 1.807) is 37.5 Å². The van der Waals surface area contributed by atoms with Crippen LogP contribution in [0.1, 0.15) is 22.2 Å². The average molecular weight is 450 g/mol. The van der Waals surface area contributed by atoms with E-state index in [1.807, 2.05) is 43.3 Å². The second kappa shape index (κ2) is 9.41. The molecule has 1 amide bonds. The van der Waals surface area contributed by atoms with Crippen molar-refractivity contribution in [3.8, 4) is 16.9 Å². The minimum atomic E-state index is -0.422. The van der Waals surface area contributed by atoms with Gasteiger partial charge in [-0.05, 0) is 23.8 Å². The first kappa shape index (κ1) is 22.5. The van der Waals surface area contributed by atoms with Crippen molar-refractivity contribution in [3.63, 3.8) is 0 Å². The molecule has 1 aliphatic rings. The molecular formula is C24H27N5O4. The van der Waals surface area contributed by atoms with Crippen LogP contribution in [0.3, 0.4) is 0 Å². The molecule has 0 aliphatic carbocycles. The van der Waals surface area contributed by atoms with Crippen LogP contribution < -0.4 is 15.2 Å². The van der Waals surface area contributed by atoms with Crippen LogP contribution in [0.5, 0.6) is 5.75 Å². The predicted molar refractivity (Wildman–Crippen MR) is 125 cm³/mol. The summed E-state index contributed by atoms with van der Waals surface area (Å²) >= 11 is 0. The van der Waals surface area contributed by atoms with E-state index in [1.165, 1.54) is 10.6 Å². The third-order valence-corrected chi connectivity index (χ3v) is 5.60. The van der Waals surface area contributed by atoms with Gasteiger partial charge in [-0.3, -0.25) is 9.59 Å². The summed E-state index contributed by atoms with van der Waals surface area (Å²) in [6.07, 6.45) is 2.93. The first-order valence-electron chi connectivity index (χ1n) is 10.6. The number of aryl methyl sites for hydroxylation is 1. The first-order chi connectivity index (χ1) is 15.9. The van der Waals surface area contributed by atoms with E-state index >= 15 is 0 Å². The molecule has 9 nitrogen and oxygen atoms in total. The van der Waals surface area contributed by atoms with Gasteiger partial charge in [-0.2, -0.15) is 0 Å². The molecule has 0 N–H and O–H groups in total. The zero-order chi connectivity index (χ0) is 23.5. The zero-order valence-corrected chi connectivity index (χ0v) is 19.2. The minimum Gasteiger partial charge on any atom is -0.497 e. The molecule has 9 heteroatoms. The number of anilines is 1. The van der Waals surface area contributed by atoms with Crippen LogP contribution >= 0.6 is 0 Å². The van der Waals surface area contributed by atoms with Gasteiger partial charge in [0, 0.05) is 51.7 Å². The van der Waals surface area contributed by atoms with Crippen molar-refractivity contribution < 1.29 is 14.3 Å². The third-order valence-electron chi connectivity index (χ3n) is 5.60. The summed E-state index contributed by atoms with van der Waals surface area (Å²) in [5.41, 5.74) is 2.79. The lowest BCUT2D eigenvalue weighted by molar-refractivity contribution is -0.0244. The van der Waals surface area contributed by atoms with Crippen LogP contribution in [-0.4, -0.2) is 66.2 Å². The Kier molecular flexibility index (Phi) is 6.41. The molecule has 0 saturated carbocycles. The topological polar surface area (TPSA) is 89.8 Å². The number of rotatable bonds is 5. The summed E-state index contributed by atoms with van der Waals surface area (Å²) in [6, 6.07) is 10.6. The highest BCUT2D eigenvalue weighted by Crippen LogP contribution is 2.32. The molecule has 0 spiro atoms. The average Bonchev–Trinajstić information content (AvgIpc) is 2.85. The van der Waals surface area contributed by atoms with Crippen LogP contribution in [0, 0.1) is 0 Å².